The molecule has 8 nitrogen and oxygen atoms in total. The number of anilines is 1. The molecule has 0 unspecified atom stereocenters. The maximum absolute atomic E-state index is 12.9. The lowest BCUT2D eigenvalue weighted by Gasteiger charge is -2.51. The van der Waals surface area contributed by atoms with Crippen LogP contribution < -0.4 is 10.2 Å². The van der Waals surface area contributed by atoms with Crippen LogP contribution >= 0.6 is 0 Å². The summed E-state index contributed by atoms with van der Waals surface area (Å²) in [6.45, 7) is 7.39. The minimum absolute atomic E-state index is 0.0650. The van der Waals surface area contributed by atoms with E-state index < -0.39 is 5.66 Å². The number of carbonyl (C=O) groups is 2. The predicted molar refractivity (Wildman–Crippen MR) is 98.6 cm³/mol. The number of piperidine rings is 1. The molecule has 0 aliphatic carbocycles. The summed E-state index contributed by atoms with van der Waals surface area (Å²) in [4.78, 5) is 34.0. The van der Waals surface area contributed by atoms with Gasteiger partial charge in [0.2, 0.25) is 0 Å². The van der Waals surface area contributed by atoms with Gasteiger partial charge in [-0.3, -0.25) is 9.59 Å². The molecule has 0 atom stereocenters. The molecule has 2 aliphatic rings. The Hall–Kier alpha value is -2.90. The average Bonchev–Trinajstić information content (AvgIpc) is 3.00. The zero-order valence-corrected chi connectivity index (χ0v) is 15.8. The van der Waals surface area contributed by atoms with Crippen molar-refractivity contribution in [2.75, 3.05) is 24.5 Å². The molecule has 2 amide bonds. The van der Waals surface area contributed by atoms with E-state index in [2.05, 4.69) is 27.3 Å². The number of amides is 2. The van der Waals surface area contributed by atoms with Gasteiger partial charge in [0.25, 0.3) is 11.8 Å². The van der Waals surface area contributed by atoms with Crippen molar-refractivity contribution in [3.8, 4) is 0 Å². The van der Waals surface area contributed by atoms with Gasteiger partial charge in [-0.2, -0.15) is 0 Å². The Kier molecular flexibility index (Phi) is 4.13. The monoisotopic (exact) mass is 369 g/mol. The lowest BCUT2D eigenvalue weighted by Crippen LogP contribution is -2.68. The van der Waals surface area contributed by atoms with Gasteiger partial charge in [-0.25, -0.2) is 4.98 Å². The van der Waals surface area contributed by atoms with Gasteiger partial charge >= 0.3 is 0 Å². The van der Waals surface area contributed by atoms with E-state index in [4.69, 9.17) is 4.52 Å². The molecule has 0 radical (unpaired) electrons. The van der Waals surface area contributed by atoms with Gasteiger partial charge in [0, 0.05) is 38.7 Å². The predicted octanol–water partition coefficient (Wildman–Crippen LogP) is 1.89. The SMILES string of the molecule is CCN1c2ncccc2C(=O)NC12CCN(C(=O)c1c(C)noc1C)CC2. The fourth-order valence-corrected chi connectivity index (χ4v) is 4.21. The van der Waals surface area contributed by atoms with Gasteiger partial charge in [0.05, 0.1) is 11.3 Å². The molecular weight excluding hydrogens is 346 g/mol. The van der Waals surface area contributed by atoms with Crippen molar-refractivity contribution in [1.29, 1.82) is 0 Å². The van der Waals surface area contributed by atoms with Crippen LogP contribution in [0.1, 0.15) is 51.9 Å². The molecular formula is C19H23N5O3. The number of likely N-dealkylation sites (tertiary alicyclic amines) is 1. The number of hydrogen-bond acceptors (Lipinski definition) is 6. The Bertz CT molecular complexity index is 879. The maximum atomic E-state index is 12.9. The molecule has 0 bridgehead atoms. The van der Waals surface area contributed by atoms with Gasteiger partial charge < -0.3 is 19.6 Å². The zero-order valence-electron chi connectivity index (χ0n) is 15.8. The third-order valence-electron chi connectivity index (χ3n) is 5.59. The lowest BCUT2D eigenvalue weighted by molar-refractivity contribution is 0.0600. The van der Waals surface area contributed by atoms with E-state index in [0.29, 0.717) is 54.3 Å². The Labute approximate surface area is 157 Å². The second-order valence-corrected chi connectivity index (χ2v) is 7.10. The van der Waals surface area contributed by atoms with Crippen LogP contribution in [0.5, 0.6) is 0 Å². The Morgan fingerprint density at radius 2 is 2.07 bits per heavy atom. The van der Waals surface area contributed by atoms with Gasteiger partial charge in [-0.15, -0.1) is 0 Å². The molecule has 0 aromatic carbocycles. The van der Waals surface area contributed by atoms with Crippen LogP contribution in [0.2, 0.25) is 0 Å². The first-order valence-corrected chi connectivity index (χ1v) is 9.24. The Morgan fingerprint density at radius 1 is 1.33 bits per heavy atom. The second-order valence-electron chi connectivity index (χ2n) is 7.10. The molecule has 1 fully saturated rings. The van der Waals surface area contributed by atoms with E-state index in [9.17, 15) is 9.59 Å². The van der Waals surface area contributed by atoms with Gasteiger partial charge in [-0.1, -0.05) is 5.16 Å². The number of nitrogens with zero attached hydrogens (tertiary/aromatic N) is 4. The van der Waals surface area contributed by atoms with E-state index in [1.54, 1.807) is 32.2 Å². The van der Waals surface area contributed by atoms with Gasteiger partial charge in [0.15, 0.2) is 0 Å². The van der Waals surface area contributed by atoms with E-state index in [0.717, 1.165) is 6.54 Å². The first-order valence-electron chi connectivity index (χ1n) is 9.24. The highest BCUT2D eigenvalue weighted by molar-refractivity contribution is 6.01. The van der Waals surface area contributed by atoms with Crippen LogP contribution in [0.4, 0.5) is 5.82 Å². The number of hydrogen-bond donors (Lipinski definition) is 1. The van der Waals surface area contributed by atoms with Crippen molar-refractivity contribution in [3.05, 3.63) is 40.9 Å². The number of aromatic nitrogens is 2. The van der Waals surface area contributed by atoms with E-state index >= 15 is 0 Å². The highest BCUT2D eigenvalue weighted by Gasteiger charge is 2.46. The molecule has 4 rings (SSSR count). The molecule has 2 aromatic rings. The summed E-state index contributed by atoms with van der Waals surface area (Å²) in [6.07, 6.45) is 2.99. The van der Waals surface area contributed by atoms with Crippen molar-refractivity contribution in [1.82, 2.24) is 20.4 Å². The minimum atomic E-state index is -0.511. The maximum Gasteiger partial charge on any atom is 0.259 e. The Morgan fingerprint density at radius 3 is 2.70 bits per heavy atom. The van der Waals surface area contributed by atoms with Gasteiger partial charge in [-0.05, 0) is 32.9 Å². The fourth-order valence-electron chi connectivity index (χ4n) is 4.21. The summed E-state index contributed by atoms with van der Waals surface area (Å²) in [7, 11) is 0. The first-order chi connectivity index (χ1) is 13.0. The molecule has 1 saturated heterocycles. The molecule has 1 spiro atoms. The van der Waals surface area contributed by atoms with Crippen LogP contribution in [0.15, 0.2) is 22.9 Å². The van der Waals surface area contributed by atoms with Gasteiger partial charge in [0.1, 0.15) is 22.8 Å². The highest BCUT2D eigenvalue weighted by atomic mass is 16.5. The quantitative estimate of drug-likeness (QED) is 0.869. The third-order valence-corrected chi connectivity index (χ3v) is 5.59. The Balaban J connectivity index is 1.58. The number of nitrogens with one attached hydrogen (secondary N) is 1. The lowest BCUT2D eigenvalue weighted by atomic mass is 9.90. The molecule has 27 heavy (non-hydrogen) atoms. The average molecular weight is 369 g/mol. The molecule has 2 aliphatic heterocycles. The molecule has 142 valence electrons. The second kappa shape index (κ2) is 6.37. The molecule has 8 heteroatoms. The molecule has 2 aromatic heterocycles. The normalized spacial score (nSPS) is 18.4. The fraction of sp³-hybridized carbons (Fsp3) is 0.474. The molecule has 0 saturated carbocycles. The number of fused-ring (bicyclic) bond motifs is 1. The first kappa shape index (κ1) is 17.5. The number of rotatable bonds is 2. The standard InChI is InChI=1S/C19H23N5O3/c1-4-24-16-14(6-5-9-20-16)17(25)21-19(24)7-10-23(11-8-19)18(26)15-12(2)22-27-13(15)3/h5-6,9H,4,7-8,10-11H2,1-3H3,(H,21,25). The van der Waals surface area contributed by atoms with Crippen molar-refractivity contribution in [2.45, 2.75) is 39.3 Å². The zero-order chi connectivity index (χ0) is 19.2. The van der Waals surface area contributed by atoms with Crippen LogP contribution in [-0.2, 0) is 0 Å². The van der Waals surface area contributed by atoms with E-state index in [1.165, 1.54) is 0 Å². The third kappa shape index (κ3) is 2.67. The van der Waals surface area contributed by atoms with Crippen molar-refractivity contribution >= 4 is 17.6 Å². The van der Waals surface area contributed by atoms with E-state index in [-0.39, 0.29) is 11.8 Å². The minimum Gasteiger partial charge on any atom is -0.361 e. The van der Waals surface area contributed by atoms with Crippen molar-refractivity contribution in [2.24, 2.45) is 0 Å². The number of aryl methyl sites for hydroxylation is 2. The van der Waals surface area contributed by atoms with Crippen LogP contribution in [0.25, 0.3) is 0 Å². The summed E-state index contributed by atoms with van der Waals surface area (Å²) in [5.74, 6) is 1.09. The van der Waals surface area contributed by atoms with Crippen LogP contribution in [0, 0.1) is 13.8 Å². The number of carbonyl (C=O) groups excluding carboxylic acids is 2. The summed E-state index contributed by atoms with van der Waals surface area (Å²) in [5.41, 5.74) is 1.23. The number of pyridine rings is 1. The summed E-state index contributed by atoms with van der Waals surface area (Å²) in [5, 5.41) is 7.06. The molecule has 1 N–H and O–H groups in total. The summed E-state index contributed by atoms with van der Waals surface area (Å²) < 4.78 is 5.13. The van der Waals surface area contributed by atoms with Crippen LogP contribution in [0.3, 0.4) is 0 Å². The summed E-state index contributed by atoms with van der Waals surface area (Å²) in [6, 6.07) is 3.57. The van der Waals surface area contributed by atoms with Crippen LogP contribution in [-0.4, -0.2) is 52.2 Å². The topological polar surface area (TPSA) is 91.6 Å². The van der Waals surface area contributed by atoms with Crippen molar-refractivity contribution in [3.63, 3.8) is 0 Å². The molecule has 4 heterocycles. The van der Waals surface area contributed by atoms with Crippen molar-refractivity contribution < 1.29 is 14.1 Å². The highest BCUT2D eigenvalue weighted by Crippen LogP contribution is 2.36. The smallest absolute Gasteiger partial charge is 0.259 e. The summed E-state index contributed by atoms with van der Waals surface area (Å²) >= 11 is 0. The van der Waals surface area contributed by atoms with E-state index in [1.807, 2.05) is 4.90 Å². The largest absolute Gasteiger partial charge is 0.361 e.